The van der Waals surface area contributed by atoms with Crippen LogP contribution < -0.4 is 5.32 Å². The lowest BCUT2D eigenvalue weighted by Crippen LogP contribution is -2.47. The van der Waals surface area contributed by atoms with Crippen LogP contribution in [0.4, 0.5) is 15.1 Å². The van der Waals surface area contributed by atoms with Crippen LogP contribution in [-0.4, -0.2) is 50.7 Å². The SMILES string of the molecule is Cc1cnc(F)c(-c2ccnc(NC3CCCN(C(=O)OC(C)(C)C)C3)n2)c1. The molecular formula is C20H26FN5O2. The van der Waals surface area contributed by atoms with Crippen molar-refractivity contribution in [2.75, 3.05) is 18.4 Å². The number of nitrogens with one attached hydrogen (secondary N) is 1. The minimum absolute atomic E-state index is 0.00278. The number of aromatic nitrogens is 3. The van der Waals surface area contributed by atoms with Gasteiger partial charge in [-0.3, -0.25) is 0 Å². The number of amides is 1. The van der Waals surface area contributed by atoms with Gasteiger partial charge in [0.25, 0.3) is 0 Å². The fourth-order valence-corrected chi connectivity index (χ4v) is 3.08. The Balaban J connectivity index is 1.70. The number of hydrogen-bond donors (Lipinski definition) is 1. The quantitative estimate of drug-likeness (QED) is 0.807. The fraction of sp³-hybridized carbons (Fsp3) is 0.500. The third kappa shape index (κ3) is 5.15. The Kier molecular flexibility index (Phi) is 5.76. The second-order valence-corrected chi connectivity index (χ2v) is 8.03. The van der Waals surface area contributed by atoms with Gasteiger partial charge in [-0.2, -0.15) is 4.39 Å². The van der Waals surface area contributed by atoms with E-state index in [1.807, 2.05) is 27.7 Å². The van der Waals surface area contributed by atoms with Crippen molar-refractivity contribution in [2.24, 2.45) is 0 Å². The molecule has 3 heterocycles. The first-order valence-corrected chi connectivity index (χ1v) is 9.41. The van der Waals surface area contributed by atoms with Crippen LogP contribution in [0.5, 0.6) is 0 Å². The highest BCUT2D eigenvalue weighted by Gasteiger charge is 2.28. The van der Waals surface area contributed by atoms with E-state index in [0.717, 1.165) is 18.4 Å². The van der Waals surface area contributed by atoms with Crippen LogP contribution in [-0.2, 0) is 4.74 Å². The highest BCUT2D eigenvalue weighted by atomic mass is 19.1. The number of hydrogen-bond acceptors (Lipinski definition) is 6. The number of nitrogens with zero attached hydrogens (tertiary/aromatic N) is 4. The Morgan fingerprint density at radius 2 is 2.14 bits per heavy atom. The molecule has 2 aromatic rings. The maximum absolute atomic E-state index is 14.1. The largest absolute Gasteiger partial charge is 0.444 e. The summed E-state index contributed by atoms with van der Waals surface area (Å²) in [5.74, 6) is -0.168. The predicted octanol–water partition coefficient (Wildman–Crippen LogP) is 3.80. The number of halogens is 1. The average Bonchev–Trinajstić information content (AvgIpc) is 2.63. The molecule has 1 saturated heterocycles. The molecule has 0 spiro atoms. The molecule has 2 aromatic heterocycles. The van der Waals surface area contributed by atoms with Crippen LogP contribution in [0.15, 0.2) is 24.5 Å². The summed E-state index contributed by atoms with van der Waals surface area (Å²) in [5, 5.41) is 3.26. The Morgan fingerprint density at radius 3 is 2.89 bits per heavy atom. The average molecular weight is 387 g/mol. The van der Waals surface area contributed by atoms with Gasteiger partial charge in [-0.15, -0.1) is 0 Å². The molecule has 3 rings (SSSR count). The second kappa shape index (κ2) is 8.08. The number of carbonyl (C=O) groups is 1. The summed E-state index contributed by atoms with van der Waals surface area (Å²) in [4.78, 5) is 26.4. The first-order chi connectivity index (χ1) is 13.2. The molecule has 1 N–H and O–H groups in total. The van der Waals surface area contributed by atoms with E-state index in [0.29, 0.717) is 30.3 Å². The highest BCUT2D eigenvalue weighted by molar-refractivity contribution is 5.68. The Bertz CT molecular complexity index is 853. The van der Waals surface area contributed by atoms with E-state index >= 15 is 0 Å². The number of anilines is 1. The first kappa shape index (κ1) is 20.0. The summed E-state index contributed by atoms with van der Waals surface area (Å²) < 4.78 is 19.5. The van der Waals surface area contributed by atoms with Crippen LogP contribution in [0.2, 0.25) is 0 Å². The molecule has 150 valence electrons. The number of rotatable bonds is 3. The van der Waals surface area contributed by atoms with Crippen molar-refractivity contribution < 1.29 is 13.9 Å². The minimum Gasteiger partial charge on any atom is -0.444 e. The summed E-state index contributed by atoms with van der Waals surface area (Å²) in [6, 6.07) is 3.36. The van der Waals surface area contributed by atoms with Gasteiger partial charge in [0.05, 0.1) is 11.3 Å². The van der Waals surface area contributed by atoms with Gasteiger partial charge in [0, 0.05) is 31.5 Å². The number of aryl methyl sites for hydroxylation is 1. The zero-order valence-corrected chi connectivity index (χ0v) is 16.7. The molecule has 7 nitrogen and oxygen atoms in total. The molecule has 1 unspecified atom stereocenters. The van der Waals surface area contributed by atoms with Gasteiger partial charge in [-0.1, -0.05) is 0 Å². The van der Waals surface area contributed by atoms with E-state index < -0.39 is 11.5 Å². The molecule has 0 aliphatic carbocycles. The minimum atomic E-state index is -0.566. The van der Waals surface area contributed by atoms with E-state index in [1.165, 1.54) is 6.20 Å². The number of carbonyl (C=O) groups excluding carboxylic acids is 1. The van der Waals surface area contributed by atoms with Crippen molar-refractivity contribution in [2.45, 2.75) is 52.2 Å². The van der Waals surface area contributed by atoms with Gasteiger partial charge < -0.3 is 15.0 Å². The van der Waals surface area contributed by atoms with E-state index in [2.05, 4.69) is 20.3 Å². The fourth-order valence-electron chi connectivity index (χ4n) is 3.08. The van der Waals surface area contributed by atoms with Crippen molar-refractivity contribution in [3.05, 3.63) is 36.0 Å². The lowest BCUT2D eigenvalue weighted by molar-refractivity contribution is 0.0206. The maximum atomic E-state index is 14.1. The summed E-state index contributed by atoms with van der Waals surface area (Å²) >= 11 is 0. The summed E-state index contributed by atoms with van der Waals surface area (Å²) in [6.45, 7) is 8.57. The Labute approximate surface area is 164 Å². The lowest BCUT2D eigenvalue weighted by atomic mass is 10.1. The third-order valence-corrected chi connectivity index (χ3v) is 4.31. The number of likely N-dealkylation sites (tertiary alicyclic amines) is 1. The van der Waals surface area contributed by atoms with Crippen LogP contribution in [0.1, 0.15) is 39.2 Å². The molecule has 1 atom stereocenters. The van der Waals surface area contributed by atoms with Crippen LogP contribution >= 0.6 is 0 Å². The molecule has 28 heavy (non-hydrogen) atoms. The van der Waals surface area contributed by atoms with Crippen LogP contribution in [0, 0.1) is 12.9 Å². The highest BCUT2D eigenvalue weighted by Crippen LogP contribution is 2.22. The summed E-state index contributed by atoms with van der Waals surface area (Å²) in [6.07, 6.45) is 4.48. The third-order valence-electron chi connectivity index (χ3n) is 4.31. The topological polar surface area (TPSA) is 80.2 Å². The van der Waals surface area contributed by atoms with Crippen molar-refractivity contribution in [3.8, 4) is 11.3 Å². The van der Waals surface area contributed by atoms with E-state index in [-0.39, 0.29) is 12.1 Å². The van der Waals surface area contributed by atoms with Gasteiger partial charge in [0.1, 0.15) is 5.60 Å². The second-order valence-electron chi connectivity index (χ2n) is 8.03. The number of pyridine rings is 1. The Hall–Kier alpha value is -2.77. The summed E-state index contributed by atoms with van der Waals surface area (Å²) in [5.41, 5.74) is 1.13. The smallest absolute Gasteiger partial charge is 0.410 e. The molecule has 0 aromatic carbocycles. The molecule has 1 aliphatic rings. The first-order valence-electron chi connectivity index (χ1n) is 9.41. The zero-order valence-electron chi connectivity index (χ0n) is 16.7. The molecule has 0 radical (unpaired) electrons. The standard InChI is InChI=1S/C20H26FN5O2/c1-13-10-15(17(21)23-11-13)16-7-8-22-18(25-16)24-14-6-5-9-26(12-14)19(27)28-20(2,3)4/h7-8,10-11,14H,5-6,9,12H2,1-4H3,(H,22,24,25). The van der Waals surface area contributed by atoms with Gasteiger partial charge in [0.15, 0.2) is 0 Å². The van der Waals surface area contributed by atoms with Gasteiger partial charge >= 0.3 is 6.09 Å². The molecule has 0 saturated carbocycles. The van der Waals surface area contributed by atoms with Crippen molar-refractivity contribution >= 4 is 12.0 Å². The van der Waals surface area contributed by atoms with Gasteiger partial charge in [-0.05, 0) is 58.2 Å². The number of ether oxygens (including phenoxy) is 1. The van der Waals surface area contributed by atoms with Crippen molar-refractivity contribution in [1.29, 1.82) is 0 Å². The molecular weight excluding hydrogens is 361 g/mol. The Morgan fingerprint density at radius 1 is 1.36 bits per heavy atom. The van der Waals surface area contributed by atoms with Crippen LogP contribution in [0.3, 0.4) is 0 Å². The maximum Gasteiger partial charge on any atom is 0.410 e. The molecule has 1 amide bonds. The predicted molar refractivity (Wildman–Crippen MR) is 104 cm³/mol. The van der Waals surface area contributed by atoms with Crippen molar-refractivity contribution in [3.63, 3.8) is 0 Å². The zero-order chi connectivity index (χ0) is 20.3. The summed E-state index contributed by atoms with van der Waals surface area (Å²) in [7, 11) is 0. The molecule has 8 heteroatoms. The van der Waals surface area contributed by atoms with Crippen molar-refractivity contribution in [1.82, 2.24) is 19.9 Å². The van der Waals surface area contributed by atoms with Crippen LogP contribution in [0.25, 0.3) is 11.3 Å². The van der Waals surface area contributed by atoms with Gasteiger partial charge in [0.2, 0.25) is 11.9 Å². The lowest BCUT2D eigenvalue weighted by Gasteiger charge is -2.34. The molecule has 0 bridgehead atoms. The van der Waals surface area contributed by atoms with E-state index in [9.17, 15) is 9.18 Å². The van der Waals surface area contributed by atoms with Gasteiger partial charge in [-0.25, -0.2) is 19.7 Å². The molecule has 1 aliphatic heterocycles. The van der Waals surface area contributed by atoms with E-state index in [1.54, 1.807) is 23.2 Å². The van der Waals surface area contributed by atoms with E-state index in [4.69, 9.17) is 4.74 Å². The monoisotopic (exact) mass is 387 g/mol. The normalized spacial score (nSPS) is 17.3. The number of piperidine rings is 1. The molecule has 1 fully saturated rings.